The van der Waals surface area contributed by atoms with Crippen LogP contribution in [0.2, 0.25) is 0 Å². The van der Waals surface area contributed by atoms with Crippen LogP contribution in [0.1, 0.15) is 38.3 Å². The van der Waals surface area contributed by atoms with Crippen molar-refractivity contribution in [2.75, 3.05) is 0 Å². The van der Waals surface area contributed by atoms with Crippen LogP contribution in [0.15, 0.2) is 24.3 Å². The Morgan fingerprint density at radius 3 is 2.33 bits per heavy atom. The fourth-order valence-corrected chi connectivity index (χ4v) is 1.37. The van der Waals surface area contributed by atoms with E-state index in [0.29, 0.717) is 0 Å². The van der Waals surface area contributed by atoms with Gasteiger partial charge in [-0.25, -0.2) is 0 Å². The van der Waals surface area contributed by atoms with Crippen LogP contribution in [-0.2, 0) is 5.41 Å². The molecule has 0 unspecified atom stereocenters. The average molecular weight is 161 g/mol. The van der Waals surface area contributed by atoms with Crippen LogP contribution in [-0.4, -0.2) is 0 Å². The van der Waals surface area contributed by atoms with Gasteiger partial charge >= 0.3 is 0 Å². The van der Waals surface area contributed by atoms with Crippen LogP contribution in [0.5, 0.6) is 0 Å². The van der Waals surface area contributed by atoms with Gasteiger partial charge in [0.25, 0.3) is 0 Å². The normalized spacial score (nSPS) is 11.7. The van der Waals surface area contributed by atoms with Gasteiger partial charge in [-0.15, -0.1) is 0 Å². The van der Waals surface area contributed by atoms with Crippen molar-refractivity contribution in [2.24, 2.45) is 0 Å². The summed E-state index contributed by atoms with van der Waals surface area (Å²) >= 11 is 0. The Balaban J connectivity index is 3.10. The van der Waals surface area contributed by atoms with E-state index in [1.165, 1.54) is 5.56 Å². The van der Waals surface area contributed by atoms with Gasteiger partial charge in [-0.1, -0.05) is 45.0 Å². The fraction of sp³-hybridized carbons (Fsp3) is 0.417. The third kappa shape index (κ3) is 1.69. The van der Waals surface area contributed by atoms with E-state index < -0.39 is 0 Å². The molecule has 0 aliphatic heterocycles. The third-order valence-electron chi connectivity index (χ3n) is 2.63. The van der Waals surface area contributed by atoms with Crippen LogP contribution >= 0.6 is 0 Å². The minimum absolute atomic E-state index is 0.262. The molecule has 0 aromatic heterocycles. The highest BCUT2D eigenvalue weighted by Gasteiger charge is 2.18. The molecule has 0 spiro atoms. The number of hydrogen-bond donors (Lipinski definition) is 0. The Labute approximate surface area is 75.6 Å². The largest absolute Gasteiger partial charge is 0.0646 e. The molecule has 0 atom stereocenters. The second-order valence-corrected chi connectivity index (χ2v) is 3.89. The Kier molecular flexibility index (Phi) is 2.56. The van der Waals surface area contributed by atoms with E-state index in [2.05, 4.69) is 45.9 Å². The number of rotatable bonds is 2. The lowest BCUT2D eigenvalue weighted by atomic mass is 9.80. The summed E-state index contributed by atoms with van der Waals surface area (Å²) in [6.07, 6.45) is 1.15. The quantitative estimate of drug-likeness (QED) is 0.622. The lowest BCUT2D eigenvalue weighted by molar-refractivity contribution is 0.505. The lowest BCUT2D eigenvalue weighted by Crippen LogP contribution is -2.16. The van der Waals surface area contributed by atoms with Crippen LogP contribution in [0, 0.1) is 6.92 Å². The van der Waals surface area contributed by atoms with Gasteiger partial charge < -0.3 is 0 Å². The minimum atomic E-state index is 0.262. The van der Waals surface area contributed by atoms with Crippen molar-refractivity contribution in [1.29, 1.82) is 0 Å². The van der Waals surface area contributed by atoms with Gasteiger partial charge in [0.2, 0.25) is 0 Å². The molecular formula is C12H17. The molecule has 0 heterocycles. The van der Waals surface area contributed by atoms with E-state index in [9.17, 15) is 0 Å². The molecule has 0 bridgehead atoms. The number of hydrogen-bond acceptors (Lipinski definition) is 0. The molecule has 65 valence electrons. The molecule has 0 heteroatoms. The van der Waals surface area contributed by atoms with Gasteiger partial charge in [-0.05, 0) is 29.9 Å². The summed E-state index contributed by atoms with van der Waals surface area (Å²) in [6.45, 7) is 10.8. The van der Waals surface area contributed by atoms with Crippen molar-refractivity contribution in [2.45, 2.75) is 32.6 Å². The highest BCUT2D eigenvalue weighted by atomic mass is 14.2. The molecule has 1 rings (SSSR count). The molecule has 0 fully saturated rings. The summed E-state index contributed by atoms with van der Waals surface area (Å²) < 4.78 is 0. The molecule has 0 aliphatic carbocycles. The Hall–Kier alpha value is -0.780. The van der Waals surface area contributed by atoms with Crippen molar-refractivity contribution >= 4 is 0 Å². The second-order valence-electron chi connectivity index (χ2n) is 3.89. The summed E-state index contributed by atoms with van der Waals surface area (Å²) in [6, 6.07) is 8.37. The third-order valence-corrected chi connectivity index (χ3v) is 2.63. The fourth-order valence-electron chi connectivity index (χ4n) is 1.37. The highest BCUT2D eigenvalue weighted by molar-refractivity contribution is 5.34. The summed E-state index contributed by atoms with van der Waals surface area (Å²) in [5, 5.41) is 0. The zero-order valence-corrected chi connectivity index (χ0v) is 8.22. The standard InChI is InChI=1S/C12H17/c1-5-12(3,4)11-9-7-6-8-10(11)2/h6-9H,2,5H2,1,3-4H3. The maximum atomic E-state index is 4.03. The van der Waals surface area contributed by atoms with Crippen molar-refractivity contribution in [1.82, 2.24) is 0 Å². The Bertz CT molecular complexity index is 258. The molecule has 1 aromatic carbocycles. The van der Waals surface area contributed by atoms with Gasteiger partial charge in [0.1, 0.15) is 0 Å². The van der Waals surface area contributed by atoms with Crippen molar-refractivity contribution < 1.29 is 0 Å². The molecule has 0 aliphatic rings. The number of benzene rings is 1. The van der Waals surface area contributed by atoms with Crippen molar-refractivity contribution in [3.63, 3.8) is 0 Å². The molecule has 1 aromatic rings. The van der Waals surface area contributed by atoms with Crippen LogP contribution in [0.4, 0.5) is 0 Å². The molecule has 1 radical (unpaired) electrons. The zero-order chi connectivity index (χ0) is 9.19. The Morgan fingerprint density at radius 2 is 1.83 bits per heavy atom. The van der Waals surface area contributed by atoms with E-state index >= 15 is 0 Å². The summed E-state index contributed by atoms with van der Waals surface area (Å²) in [7, 11) is 0. The first kappa shape index (κ1) is 9.31. The smallest absolute Gasteiger partial charge is 0.0103 e. The summed E-state index contributed by atoms with van der Waals surface area (Å²) in [5.74, 6) is 0. The molecular weight excluding hydrogens is 144 g/mol. The second kappa shape index (κ2) is 3.30. The molecule has 0 N–H and O–H groups in total. The predicted molar refractivity (Wildman–Crippen MR) is 54.2 cm³/mol. The van der Waals surface area contributed by atoms with E-state index in [0.717, 1.165) is 12.0 Å². The Morgan fingerprint density at radius 1 is 1.25 bits per heavy atom. The van der Waals surface area contributed by atoms with E-state index in [4.69, 9.17) is 0 Å². The van der Waals surface area contributed by atoms with Crippen LogP contribution in [0.25, 0.3) is 0 Å². The molecule has 0 saturated heterocycles. The highest BCUT2D eigenvalue weighted by Crippen LogP contribution is 2.28. The first-order valence-corrected chi connectivity index (χ1v) is 4.49. The van der Waals surface area contributed by atoms with E-state index in [-0.39, 0.29) is 5.41 Å². The molecule has 12 heavy (non-hydrogen) atoms. The van der Waals surface area contributed by atoms with Gasteiger partial charge in [-0.2, -0.15) is 0 Å². The summed E-state index contributed by atoms with van der Waals surface area (Å²) in [5.41, 5.74) is 2.79. The van der Waals surface area contributed by atoms with E-state index in [1.807, 2.05) is 6.07 Å². The van der Waals surface area contributed by atoms with E-state index in [1.54, 1.807) is 0 Å². The predicted octanol–water partition coefficient (Wildman–Crippen LogP) is 3.56. The monoisotopic (exact) mass is 161 g/mol. The topological polar surface area (TPSA) is 0 Å². The maximum absolute atomic E-state index is 4.03. The molecule has 0 nitrogen and oxygen atoms in total. The van der Waals surface area contributed by atoms with Crippen molar-refractivity contribution in [3.8, 4) is 0 Å². The minimum Gasteiger partial charge on any atom is -0.0646 e. The first-order chi connectivity index (χ1) is 5.58. The van der Waals surface area contributed by atoms with Crippen molar-refractivity contribution in [3.05, 3.63) is 42.3 Å². The first-order valence-electron chi connectivity index (χ1n) is 4.49. The maximum Gasteiger partial charge on any atom is -0.0103 e. The molecule has 0 amide bonds. The zero-order valence-electron chi connectivity index (χ0n) is 8.22. The summed E-state index contributed by atoms with van der Waals surface area (Å²) in [4.78, 5) is 0. The lowest BCUT2D eigenvalue weighted by Gasteiger charge is -2.25. The van der Waals surface area contributed by atoms with Gasteiger partial charge in [0, 0.05) is 0 Å². The van der Waals surface area contributed by atoms with Gasteiger partial charge in [0.15, 0.2) is 0 Å². The van der Waals surface area contributed by atoms with Crippen LogP contribution < -0.4 is 0 Å². The van der Waals surface area contributed by atoms with Gasteiger partial charge in [-0.3, -0.25) is 0 Å². The average Bonchev–Trinajstić information content (AvgIpc) is 2.05. The van der Waals surface area contributed by atoms with Gasteiger partial charge in [0.05, 0.1) is 0 Å². The SMILES string of the molecule is [CH2]c1ccccc1C(C)(C)CC. The van der Waals surface area contributed by atoms with Crippen LogP contribution in [0.3, 0.4) is 0 Å². The molecule has 0 saturated carbocycles.